The number of hydrogen-bond donors (Lipinski definition) is 2. The standard InChI is InChI=1S/C20H26N2O2/c23-16-8-9-18-17(12-16)15(13-21-18)7-10-20(24)22-11-3-5-14-4-1-2-6-19(14)22/h8-9,12-14,19,21,23H,1-7,10-11H2. The molecule has 2 N–H and O–H groups in total. The molecule has 1 aromatic carbocycles. The number of phenols is 1. The van der Waals surface area contributed by atoms with Gasteiger partial charge in [-0.25, -0.2) is 0 Å². The molecular weight excluding hydrogens is 300 g/mol. The highest BCUT2D eigenvalue weighted by molar-refractivity contribution is 5.85. The Morgan fingerprint density at radius 3 is 2.96 bits per heavy atom. The fraction of sp³-hybridized carbons (Fsp3) is 0.550. The molecule has 1 aliphatic carbocycles. The van der Waals surface area contributed by atoms with Crippen LogP contribution in [0.4, 0.5) is 0 Å². The highest BCUT2D eigenvalue weighted by Crippen LogP contribution is 2.35. The van der Waals surface area contributed by atoms with Gasteiger partial charge in [0.05, 0.1) is 0 Å². The van der Waals surface area contributed by atoms with Crippen molar-refractivity contribution in [2.45, 2.75) is 57.4 Å². The number of aryl methyl sites for hydroxylation is 1. The van der Waals surface area contributed by atoms with Gasteiger partial charge < -0.3 is 15.0 Å². The molecule has 24 heavy (non-hydrogen) atoms. The van der Waals surface area contributed by atoms with Crippen molar-refractivity contribution >= 4 is 16.8 Å². The Kier molecular flexibility index (Phi) is 4.21. The summed E-state index contributed by atoms with van der Waals surface area (Å²) in [4.78, 5) is 18.2. The Bertz CT molecular complexity index is 734. The third-order valence-electron chi connectivity index (χ3n) is 5.92. The Morgan fingerprint density at radius 2 is 2.04 bits per heavy atom. The van der Waals surface area contributed by atoms with Crippen LogP contribution < -0.4 is 0 Å². The average molecular weight is 326 g/mol. The minimum absolute atomic E-state index is 0.274. The fourth-order valence-electron chi connectivity index (χ4n) is 4.69. The predicted molar refractivity (Wildman–Crippen MR) is 95.0 cm³/mol. The molecule has 0 bridgehead atoms. The van der Waals surface area contributed by atoms with E-state index in [9.17, 15) is 9.90 Å². The van der Waals surface area contributed by atoms with Crippen molar-refractivity contribution in [3.63, 3.8) is 0 Å². The number of nitrogens with zero attached hydrogens (tertiary/aromatic N) is 1. The number of benzene rings is 1. The largest absolute Gasteiger partial charge is 0.508 e. The minimum Gasteiger partial charge on any atom is -0.508 e. The zero-order valence-corrected chi connectivity index (χ0v) is 14.1. The van der Waals surface area contributed by atoms with E-state index in [4.69, 9.17) is 0 Å². The van der Waals surface area contributed by atoms with Crippen LogP contribution in [0.1, 0.15) is 50.5 Å². The number of fused-ring (bicyclic) bond motifs is 2. The molecule has 4 rings (SSSR count). The van der Waals surface area contributed by atoms with Crippen molar-refractivity contribution in [1.82, 2.24) is 9.88 Å². The highest BCUT2D eigenvalue weighted by atomic mass is 16.3. The third-order valence-corrected chi connectivity index (χ3v) is 5.92. The fourth-order valence-corrected chi connectivity index (χ4v) is 4.69. The molecule has 1 saturated heterocycles. The number of rotatable bonds is 3. The third kappa shape index (κ3) is 2.90. The number of H-pyrrole nitrogens is 1. The second-order valence-electron chi connectivity index (χ2n) is 7.39. The summed E-state index contributed by atoms with van der Waals surface area (Å²) in [5.41, 5.74) is 2.13. The van der Waals surface area contributed by atoms with Crippen LogP contribution in [0, 0.1) is 5.92 Å². The maximum atomic E-state index is 12.8. The van der Waals surface area contributed by atoms with E-state index in [0.29, 0.717) is 18.4 Å². The van der Waals surface area contributed by atoms with Gasteiger partial charge in [0.2, 0.25) is 5.91 Å². The van der Waals surface area contributed by atoms with E-state index >= 15 is 0 Å². The molecule has 1 aliphatic heterocycles. The summed E-state index contributed by atoms with van der Waals surface area (Å²) in [6.45, 7) is 0.939. The summed E-state index contributed by atoms with van der Waals surface area (Å²) in [6, 6.07) is 5.84. The molecule has 1 amide bonds. The summed E-state index contributed by atoms with van der Waals surface area (Å²) >= 11 is 0. The van der Waals surface area contributed by atoms with Crippen LogP contribution in [0.15, 0.2) is 24.4 Å². The SMILES string of the molecule is O=C(CCc1c[nH]c2ccc(O)cc12)N1CCCC2CCCCC21. The lowest BCUT2D eigenvalue weighted by Crippen LogP contribution is -2.49. The first-order chi connectivity index (χ1) is 11.7. The lowest BCUT2D eigenvalue weighted by Gasteiger charge is -2.44. The van der Waals surface area contributed by atoms with Crippen LogP contribution in [0.3, 0.4) is 0 Å². The molecule has 4 nitrogen and oxygen atoms in total. The van der Waals surface area contributed by atoms with Crippen molar-refractivity contribution in [2.75, 3.05) is 6.54 Å². The molecule has 2 heterocycles. The number of aromatic nitrogens is 1. The molecule has 1 aromatic heterocycles. The van der Waals surface area contributed by atoms with E-state index < -0.39 is 0 Å². The maximum Gasteiger partial charge on any atom is 0.223 e. The number of carbonyl (C=O) groups is 1. The molecular formula is C20H26N2O2. The molecule has 4 heteroatoms. The molecule has 128 valence electrons. The lowest BCUT2D eigenvalue weighted by molar-refractivity contribution is -0.137. The van der Waals surface area contributed by atoms with Gasteiger partial charge in [0.1, 0.15) is 5.75 Å². The van der Waals surface area contributed by atoms with Gasteiger partial charge >= 0.3 is 0 Å². The number of likely N-dealkylation sites (tertiary alicyclic amines) is 1. The predicted octanol–water partition coefficient (Wildman–Crippen LogP) is 3.99. The van der Waals surface area contributed by atoms with Gasteiger partial charge in [-0.1, -0.05) is 12.8 Å². The second kappa shape index (κ2) is 6.50. The van der Waals surface area contributed by atoms with E-state index in [-0.39, 0.29) is 5.75 Å². The number of amides is 1. The molecule has 2 aromatic rings. The highest BCUT2D eigenvalue weighted by Gasteiger charge is 2.35. The molecule has 0 radical (unpaired) electrons. The van der Waals surface area contributed by atoms with Gasteiger partial charge in [0, 0.05) is 36.1 Å². The first-order valence-electron chi connectivity index (χ1n) is 9.31. The number of hydrogen-bond acceptors (Lipinski definition) is 2. The number of carbonyl (C=O) groups excluding carboxylic acids is 1. The lowest BCUT2D eigenvalue weighted by atomic mass is 9.78. The number of phenolic OH excluding ortho intramolecular Hbond substituents is 1. The summed E-state index contributed by atoms with van der Waals surface area (Å²) in [5.74, 6) is 1.32. The molecule has 2 unspecified atom stereocenters. The topological polar surface area (TPSA) is 56.3 Å². The Balaban J connectivity index is 1.44. The van der Waals surface area contributed by atoms with Crippen LogP contribution in [0.2, 0.25) is 0 Å². The van der Waals surface area contributed by atoms with Crippen LogP contribution in [-0.4, -0.2) is 33.5 Å². The van der Waals surface area contributed by atoms with Gasteiger partial charge in [-0.2, -0.15) is 0 Å². The Hall–Kier alpha value is -1.97. The zero-order chi connectivity index (χ0) is 16.5. The van der Waals surface area contributed by atoms with E-state index in [0.717, 1.165) is 41.8 Å². The number of aromatic amines is 1. The smallest absolute Gasteiger partial charge is 0.223 e. The van der Waals surface area contributed by atoms with Gasteiger partial charge in [-0.05, 0) is 61.8 Å². The van der Waals surface area contributed by atoms with Crippen molar-refractivity contribution in [1.29, 1.82) is 0 Å². The second-order valence-corrected chi connectivity index (χ2v) is 7.39. The molecule has 2 aliphatic rings. The minimum atomic E-state index is 0.274. The van der Waals surface area contributed by atoms with Gasteiger partial charge in [0.25, 0.3) is 0 Å². The Morgan fingerprint density at radius 1 is 1.21 bits per heavy atom. The average Bonchev–Trinajstić information content (AvgIpc) is 3.01. The van der Waals surface area contributed by atoms with Crippen LogP contribution >= 0.6 is 0 Å². The van der Waals surface area contributed by atoms with E-state index in [2.05, 4.69) is 9.88 Å². The van der Waals surface area contributed by atoms with Crippen molar-refractivity contribution < 1.29 is 9.90 Å². The normalized spacial score (nSPS) is 24.1. The van der Waals surface area contributed by atoms with E-state index in [1.807, 2.05) is 12.3 Å². The van der Waals surface area contributed by atoms with Gasteiger partial charge in [-0.3, -0.25) is 4.79 Å². The molecule has 1 saturated carbocycles. The first-order valence-corrected chi connectivity index (χ1v) is 9.31. The number of nitrogens with one attached hydrogen (secondary N) is 1. The first kappa shape index (κ1) is 15.6. The summed E-state index contributed by atoms with van der Waals surface area (Å²) in [5, 5.41) is 10.7. The van der Waals surface area contributed by atoms with Crippen LogP contribution in [0.5, 0.6) is 5.75 Å². The molecule has 2 fully saturated rings. The maximum absolute atomic E-state index is 12.8. The van der Waals surface area contributed by atoms with Crippen molar-refractivity contribution in [3.05, 3.63) is 30.0 Å². The van der Waals surface area contributed by atoms with Gasteiger partial charge in [0.15, 0.2) is 0 Å². The Labute approximate surface area is 142 Å². The van der Waals surface area contributed by atoms with Crippen molar-refractivity contribution in [3.8, 4) is 5.75 Å². The monoisotopic (exact) mass is 326 g/mol. The molecule has 2 atom stereocenters. The van der Waals surface area contributed by atoms with Crippen LogP contribution in [0.25, 0.3) is 10.9 Å². The quantitative estimate of drug-likeness (QED) is 0.896. The summed E-state index contributed by atoms with van der Waals surface area (Å²) < 4.78 is 0. The summed E-state index contributed by atoms with van der Waals surface area (Å²) in [7, 11) is 0. The van der Waals surface area contributed by atoms with Crippen molar-refractivity contribution in [2.24, 2.45) is 5.92 Å². The van der Waals surface area contributed by atoms with Gasteiger partial charge in [-0.15, -0.1) is 0 Å². The number of piperidine rings is 1. The van der Waals surface area contributed by atoms with E-state index in [1.54, 1.807) is 12.1 Å². The zero-order valence-electron chi connectivity index (χ0n) is 14.1. The number of aromatic hydroxyl groups is 1. The summed E-state index contributed by atoms with van der Waals surface area (Å²) in [6.07, 6.45) is 10.8. The molecule has 0 spiro atoms. The van der Waals surface area contributed by atoms with Crippen LogP contribution in [-0.2, 0) is 11.2 Å². The van der Waals surface area contributed by atoms with E-state index in [1.165, 1.54) is 32.1 Å².